The average Bonchev–Trinajstić information content (AvgIpc) is 2.76. The van der Waals surface area contributed by atoms with Crippen LogP contribution >= 0.6 is 23.1 Å². The van der Waals surface area contributed by atoms with Crippen LogP contribution in [0.3, 0.4) is 0 Å². The summed E-state index contributed by atoms with van der Waals surface area (Å²) >= 11 is 0.544. The van der Waals surface area contributed by atoms with Crippen molar-refractivity contribution in [2.24, 2.45) is 5.73 Å². The lowest BCUT2D eigenvalue weighted by Crippen LogP contribution is -2.15. The fourth-order valence-electron chi connectivity index (χ4n) is 1.78. The number of nitrogens with zero attached hydrogens (tertiary/aromatic N) is 1. The summed E-state index contributed by atoms with van der Waals surface area (Å²) < 4.78 is 36.9. The van der Waals surface area contributed by atoms with E-state index in [9.17, 15) is 22.8 Å². The molecule has 0 aliphatic carbocycles. The molecule has 10 heteroatoms. The Bertz CT molecular complexity index is 758. The van der Waals surface area contributed by atoms with Crippen molar-refractivity contribution in [1.29, 1.82) is 0 Å². The highest BCUT2D eigenvalue weighted by atomic mass is 32.2. The summed E-state index contributed by atoms with van der Waals surface area (Å²) in [6, 6.07) is 5.97. The minimum atomic E-state index is -4.41. The number of nitrogens with one attached hydrogen (secondary N) is 1. The minimum absolute atomic E-state index is 0.0838. The van der Waals surface area contributed by atoms with Crippen molar-refractivity contribution in [1.82, 2.24) is 4.98 Å². The van der Waals surface area contributed by atoms with E-state index in [0.29, 0.717) is 21.8 Å². The van der Waals surface area contributed by atoms with E-state index in [1.54, 1.807) is 6.92 Å². The number of rotatable bonds is 5. The monoisotopic (exact) mass is 375 g/mol. The van der Waals surface area contributed by atoms with Gasteiger partial charge in [0, 0.05) is 27.9 Å². The Balaban J connectivity index is 2.00. The van der Waals surface area contributed by atoms with Gasteiger partial charge in [0.15, 0.2) is 4.34 Å². The molecule has 0 fully saturated rings. The van der Waals surface area contributed by atoms with Crippen LogP contribution in [0.5, 0.6) is 0 Å². The molecule has 3 N–H and O–H groups in total. The predicted octanol–water partition coefficient (Wildman–Crippen LogP) is 3.34. The van der Waals surface area contributed by atoms with E-state index in [2.05, 4.69) is 10.3 Å². The number of aryl methyl sites for hydroxylation is 1. The summed E-state index contributed by atoms with van der Waals surface area (Å²) in [6.07, 6.45) is -0.0838. The summed E-state index contributed by atoms with van der Waals surface area (Å²) in [5, 5.41) is 2.60. The van der Waals surface area contributed by atoms with Crippen LogP contribution in [0.25, 0.3) is 0 Å². The van der Waals surface area contributed by atoms with Crippen LogP contribution in [0, 0.1) is 6.92 Å². The van der Waals surface area contributed by atoms with Crippen molar-refractivity contribution in [3.05, 3.63) is 40.4 Å². The van der Waals surface area contributed by atoms with Gasteiger partial charge in [-0.25, -0.2) is 4.98 Å². The molecule has 1 aromatic heterocycles. The Morgan fingerprint density at radius 2 is 1.92 bits per heavy atom. The number of thiazole rings is 1. The molecule has 1 aromatic carbocycles. The van der Waals surface area contributed by atoms with Gasteiger partial charge in [-0.1, -0.05) is 0 Å². The summed E-state index contributed by atoms with van der Waals surface area (Å²) in [5.74, 6) is -0.972. The molecule has 2 rings (SSSR count). The fraction of sp³-hybridized carbons (Fsp3) is 0.214. The van der Waals surface area contributed by atoms with E-state index in [-0.39, 0.29) is 22.5 Å². The maximum atomic E-state index is 12.3. The molecule has 0 aliphatic rings. The Labute approximate surface area is 143 Å². The Morgan fingerprint density at radius 3 is 2.46 bits per heavy atom. The maximum Gasteiger partial charge on any atom is 0.448 e. The van der Waals surface area contributed by atoms with Gasteiger partial charge in [0.25, 0.3) is 0 Å². The number of carbonyl (C=O) groups excluding carboxylic acids is 2. The van der Waals surface area contributed by atoms with Crippen LogP contribution in [0.1, 0.15) is 20.9 Å². The van der Waals surface area contributed by atoms with E-state index in [0.717, 1.165) is 11.3 Å². The number of alkyl halides is 3. The number of thioether (sulfide) groups is 1. The molecule has 0 bridgehead atoms. The van der Waals surface area contributed by atoms with Gasteiger partial charge in [0.1, 0.15) is 0 Å². The van der Waals surface area contributed by atoms with E-state index < -0.39 is 17.3 Å². The summed E-state index contributed by atoms with van der Waals surface area (Å²) in [4.78, 5) is 27.2. The first-order valence-electron chi connectivity index (χ1n) is 6.56. The maximum absolute atomic E-state index is 12.3. The molecular weight excluding hydrogens is 363 g/mol. The second-order valence-corrected chi connectivity index (χ2v) is 7.10. The van der Waals surface area contributed by atoms with Crippen LogP contribution < -0.4 is 11.1 Å². The normalized spacial score (nSPS) is 11.3. The number of halogens is 3. The molecule has 0 unspecified atom stereocenters. The van der Waals surface area contributed by atoms with Gasteiger partial charge < -0.3 is 11.1 Å². The number of nitrogens with two attached hydrogens (primary N) is 1. The Hall–Kier alpha value is -2.07. The number of anilines is 1. The number of carbonyl (C=O) groups is 2. The fourth-order valence-corrected chi connectivity index (χ4v) is 3.70. The van der Waals surface area contributed by atoms with Crippen molar-refractivity contribution in [3.8, 4) is 0 Å². The first-order chi connectivity index (χ1) is 11.1. The molecular formula is C14H12F3N3O2S2. The zero-order valence-corrected chi connectivity index (χ0v) is 13.9. The predicted molar refractivity (Wildman–Crippen MR) is 86.1 cm³/mol. The molecule has 0 saturated heterocycles. The molecule has 128 valence electrons. The highest BCUT2D eigenvalue weighted by Crippen LogP contribution is 2.39. The Kier molecular flexibility index (Phi) is 5.50. The van der Waals surface area contributed by atoms with Crippen LogP contribution in [-0.4, -0.2) is 22.3 Å². The van der Waals surface area contributed by atoms with E-state index >= 15 is 0 Å². The third-order valence-corrected chi connectivity index (χ3v) is 4.80. The van der Waals surface area contributed by atoms with E-state index in [4.69, 9.17) is 5.73 Å². The zero-order valence-electron chi connectivity index (χ0n) is 12.3. The van der Waals surface area contributed by atoms with Crippen molar-refractivity contribution in [3.63, 3.8) is 0 Å². The van der Waals surface area contributed by atoms with E-state index in [1.165, 1.54) is 24.3 Å². The molecule has 2 aromatic rings. The number of hydrogen-bond donors (Lipinski definition) is 2. The van der Waals surface area contributed by atoms with Crippen molar-refractivity contribution >= 4 is 40.6 Å². The van der Waals surface area contributed by atoms with Gasteiger partial charge >= 0.3 is 5.51 Å². The largest absolute Gasteiger partial charge is 0.448 e. The van der Waals surface area contributed by atoms with Crippen LogP contribution in [0.15, 0.2) is 28.6 Å². The van der Waals surface area contributed by atoms with Gasteiger partial charge in [-0.05, 0) is 31.2 Å². The molecule has 0 saturated carbocycles. The number of hydrogen-bond acceptors (Lipinski definition) is 5. The lowest BCUT2D eigenvalue weighted by atomic mass is 10.2. The first kappa shape index (κ1) is 18.3. The third kappa shape index (κ3) is 5.24. The quantitative estimate of drug-likeness (QED) is 0.785. The lowest BCUT2D eigenvalue weighted by molar-refractivity contribution is -0.115. The molecule has 2 amide bonds. The minimum Gasteiger partial charge on any atom is -0.366 e. The number of primary amides is 1. The average molecular weight is 375 g/mol. The SMILES string of the molecule is Cc1nc(SC(F)(F)F)sc1CC(=O)Nc1ccc(C(N)=O)cc1. The van der Waals surface area contributed by atoms with Crippen molar-refractivity contribution < 1.29 is 22.8 Å². The molecule has 24 heavy (non-hydrogen) atoms. The molecule has 0 aliphatic heterocycles. The van der Waals surface area contributed by atoms with Crippen LogP contribution in [-0.2, 0) is 11.2 Å². The summed E-state index contributed by atoms with van der Waals surface area (Å²) in [6.45, 7) is 1.56. The van der Waals surface area contributed by atoms with Crippen LogP contribution in [0.2, 0.25) is 0 Å². The summed E-state index contributed by atoms with van der Waals surface area (Å²) in [5.41, 5.74) is 1.86. The lowest BCUT2D eigenvalue weighted by Gasteiger charge is -2.05. The number of amides is 2. The number of benzene rings is 1. The highest BCUT2D eigenvalue weighted by molar-refractivity contribution is 8.01. The van der Waals surface area contributed by atoms with Gasteiger partial charge in [0.2, 0.25) is 11.8 Å². The van der Waals surface area contributed by atoms with Gasteiger partial charge in [-0.2, -0.15) is 13.2 Å². The van der Waals surface area contributed by atoms with Crippen LogP contribution in [0.4, 0.5) is 18.9 Å². The van der Waals surface area contributed by atoms with Gasteiger partial charge in [-0.15, -0.1) is 11.3 Å². The molecule has 5 nitrogen and oxygen atoms in total. The molecule has 0 radical (unpaired) electrons. The standard InChI is InChI=1S/C14H12F3N3O2S2/c1-7-10(23-13(19-7)24-14(15,16)17)6-11(21)20-9-4-2-8(3-5-9)12(18)22/h2-5H,6H2,1H3,(H2,18,22)(H,20,21). The van der Waals surface area contributed by atoms with E-state index in [1.807, 2.05) is 0 Å². The number of aromatic nitrogens is 1. The van der Waals surface area contributed by atoms with Gasteiger partial charge in [-0.3, -0.25) is 9.59 Å². The van der Waals surface area contributed by atoms with Gasteiger partial charge in [0.05, 0.1) is 12.1 Å². The molecule has 1 heterocycles. The van der Waals surface area contributed by atoms with Crippen molar-refractivity contribution in [2.75, 3.05) is 5.32 Å². The third-order valence-electron chi connectivity index (χ3n) is 2.85. The first-order valence-corrected chi connectivity index (χ1v) is 8.19. The smallest absolute Gasteiger partial charge is 0.366 e. The van der Waals surface area contributed by atoms with Crippen molar-refractivity contribution in [2.45, 2.75) is 23.2 Å². The molecule has 0 spiro atoms. The molecule has 0 atom stereocenters. The summed E-state index contributed by atoms with van der Waals surface area (Å²) in [7, 11) is 0. The highest BCUT2D eigenvalue weighted by Gasteiger charge is 2.31. The topological polar surface area (TPSA) is 85.1 Å². The zero-order chi connectivity index (χ0) is 17.9. The second-order valence-electron chi connectivity index (χ2n) is 4.70. The second kappa shape index (κ2) is 7.22. The Morgan fingerprint density at radius 1 is 1.29 bits per heavy atom.